The van der Waals surface area contributed by atoms with Gasteiger partial charge in [0.25, 0.3) is 0 Å². The highest BCUT2D eigenvalue weighted by Crippen LogP contribution is 2.08. The molecular formula is C14H26N4. The topological polar surface area (TPSA) is 33.1 Å². The molecule has 1 aliphatic rings. The molecule has 1 N–H and O–H groups in total. The molecule has 0 radical (unpaired) electrons. The van der Waals surface area contributed by atoms with Crippen LogP contribution in [0, 0.1) is 0 Å². The van der Waals surface area contributed by atoms with E-state index in [-0.39, 0.29) is 0 Å². The summed E-state index contributed by atoms with van der Waals surface area (Å²) >= 11 is 0. The maximum Gasteiger partial charge on any atom is 0.122 e. The predicted octanol–water partition coefficient (Wildman–Crippen LogP) is 1.87. The SMILES string of the molecule is CCCNCc1nccn1CCN1CCCCC1. The van der Waals surface area contributed by atoms with E-state index in [1.807, 2.05) is 6.20 Å². The third-order valence-electron chi connectivity index (χ3n) is 3.62. The highest BCUT2D eigenvalue weighted by Gasteiger charge is 2.10. The Balaban J connectivity index is 1.75. The van der Waals surface area contributed by atoms with Crippen molar-refractivity contribution in [3.05, 3.63) is 18.2 Å². The Hall–Kier alpha value is -0.870. The zero-order valence-corrected chi connectivity index (χ0v) is 11.6. The molecule has 1 fully saturated rings. The molecule has 102 valence electrons. The van der Waals surface area contributed by atoms with Crippen LogP contribution in [-0.4, -0.2) is 40.6 Å². The summed E-state index contributed by atoms with van der Waals surface area (Å²) in [5.74, 6) is 1.17. The van der Waals surface area contributed by atoms with Crippen LogP contribution in [0.2, 0.25) is 0 Å². The molecule has 18 heavy (non-hydrogen) atoms. The minimum absolute atomic E-state index is 0.890. The number of likely N-dealkylation sites (tertiary alicyclic amines) is 1. The number of nitrogens with one attached hydrogen (secondary N) is 1. The first-order valence-electron chi connectivity index (χ1n) is 7.33. The predicted molar refractivity (Wildman–Crippen MR) is 74.5 cm³/mol. The fourth-order valence-corrected chi connectivity index (χ4v) is 2.52. The first-order valence-corrected chi connectivity index (χ1v) is 7.33. The molecule has 4 nitrogen and oxygen atoms in total. The average Bonchev–Trinajstić information content (AvgIpc) is 2.86. The van der Waals surface area contributed by atoms with Gasteiger partial charge in [0.1, 0.15) is 5.82 Å². The van der Waals surface area contributed by atoms with Gasteiger partial charge in [-0.25, -0.2) is 4.98 Å². The molecule has 0 unspecified atom stereocenters. The van der Waals surface area contributed by atoms with Crippen molar-refractivity contribution in [1.29, 1.82) is 0 Å². The van der Waals surface area contributed by atoms with E-state index >= 15 is 0 Å². The molecule has 1 aromatic rings. The van der Waals surface area contributed by atoms with Gasteiger partial charge in [-0.2, -0.15) is 0 Å². The minimum Gasteiger partial charge on any atom is -0.333 e. The lowest BCUT2D eigenvalue weighted by molar-refractivity contribution is 0.220. The summed E-state index contributed by atoms with van der Waals surface area (Å²) in [6.45, 7) is 8.94. The summed E-state index contributed by atoms with van der Waals surface area (Å²) in [5.41, 5.74) is 0. The maximum atomic E-state index is 4.43. The number of piperidine rings is 1. The Morgan fingerprint density at radius 1 is 1.22 bits per heavy atom. The molecule has 2 heterocycles. The molecule has 1 saturated heterocycles. The lowest BCUT2D eigenvalue weighted by atomic mass is 10.1. The van der Waals surface area contributed by atoms with Crippen LogP contribution in [0.25, 0.3) is 0 Å². The number of aromatic nitrogens is 2. The Morgan fingerprint density at radius 2 is 2.06 bits per heavy atom. The largest absolute Gasteiger partial charge is 0.333 e. The molecule has 0 bridgehead atoms. The quantitative estimate of drug-likeness (QED) is 0.750. The minimum atomic E-state index is 0.890. The lowest BCUT2D eigenvalue weighted by Gasteiger charge is -2.26. The summed E-state index contributed by atoms with van der Waals surface area (Å²) in [5, 5.41) is 3.42. The van der Waals surface area contributed by atoms with Gasteiger partial charge in [0.05, 0.1) is 6.54 Å². The Labute approximate surface area is 110 Å². The summed E-state index contributed by atoms with van der Waals surface area (Å²) in [6, 6.07) is 0. The van der Waals surface area contributed by atoms with Crippen LogP contribution in [0.15, 0.2) is 12.4 Å². The molecule has 2 rings (SSSR count). The molecule has 1 aromatic heterocycles. The second-order valence-corrected chi connectivity index (χ2v) is 5.12. The number of imidazole rings is 1. The second kappa shape index (κ2) is 7.54. The zero-order chi connectivity index (χ0) is 12.6. The van der Waals surface area contributed by atoms with Crippen molar-refractivity contribution in [3.63, 3.8) is 0 Å². The van der Waals surface area contributed by atoms with E-state index < -0.39 is 0 Å². The number of hydrogen-bond donors (Lipinski definition) is 1. The van der Waals surface area contributed by atoms with E-state index in [1.54, 1.807) is 0 Å². The van der Waals surface area contributed by atoms with E-state index in [0.29, 0.717) is 0 Å². The van der Waals surface area contributed by atoms with Crippen molar-refractivity contribution in [2.24, 2.45) is 0 Å². The van der Waals surface area contributed by atoms with Crippen LogP contribution in [-0.2, 0) is 13.1 Å². The maximum absolute atomic E-state index is 4.43. The second-order valence-electron chi connectivity index (χ2n) is 5.12. The fourth-order valence-electron chi connectivity index (χ4n) is 2.52. The number of nitrogens with zero attached hydrogens (tertiary/aromatic N) is 3. The number of hydrogen-bond acceptors (Lipinski definition) is 3. The van der Waals surface area contributed by atoms with Crippen molar-refractivity contribution in [2.75, 3.05) is 26.2 Å². The van der Waals surface area contributed by atoms with Gasteiger partial charge in [0, 0.05) is 25.5 Å². The van der Waals surface area contributed by atoms with E-state index in [9.17, 15) is 0 Å². The van der Waals surface area contributed by atoms with Gasteiger partial charge >= 0.3 is 0 Å². The molecule has 0 aliphatic carbocycles. The third kappa shape index (κ3) is 4.10. The van der Waals surface area contributed by atoms with Crippen LogP contribution in [0.4, 0.5) is 0 Å². The monoisotopic (exact) mass is 250 g/mol. The lowest BCUT2D eigenvalue weighted by Crippen LogP contribution is -2.33. The van der Waals surface area contributed by atoms with Gasteiger partial charge in [-0.05, 0) is 38.9 Å². The van der Waals surface area contributed by atoms with E-state index in [1.165, 1.54) is 44.6 Å². The smallest absolute Gasteiger partial charge is 0.122 e. The standard InChI is InChI=1S/C14H26N4/c1-2-6-15-13-14-16-7-10-18(14)12-11-17-8-4-3-5-9-17/h7,10,15H,2-6,8-9,11-13H2,1H3. The molecular weight excluding hydrogens is 224 g/mol. The van der Waals surface area contributed by atoms with Crippen LogP contribution >= 0.6 is 0 Å². The highest BCUT2D eigenvalue weighted by atomic mass is 15.2. The first kappa shape index (κ1) is 13.6. The van der Waals surface area contributed by atoms with Gasteiger partial charge in [-0.3, -0.25) is 0 Å². The van der Waals surface area contributed by atoms with E-state index in [4.69, 9.17) is 0 Å². The van der Waals surface area contributed by atoms with E-state index in [0.717, 1.165) is 26.2 Å². The van der Waals surface area contributed by atoms with Crippen molar-refractivity contribution in [2.45, 2.75) is 45.7 Å². The van der Waals surface area contributed by atoms with Gasteiger partial charge in [-0.1, -0.05) is 13.3 Å². The van der Waals surface area contributed by atoms with Crippen LogP contribution in [0.3, 0.4) is 0 Å². The summed E-state index contributed by atoms with van der Waals surface area (Å²) in [7, 11) is 0. The molecule has 0 aromatic carbocycles. The van der Waals surface area contributed by atoms with Crippen molar-refractivity contribution in [3.8, 4) is 0 Å². The molecule has 0 amide bonds. The van der Waals surface area contributed by atoms with Gasteiger partial charge in [0.15, 0.2) is 0 Å². The van der Waals surface area contributed by atoms with E-state index in [2.05, 4.69) is 32.9 Å². The van der Waals surface area contributed by atoms with Crippen molar-refractivity contribution >= 4 is 0 Å². The Morgan fingerprint density at radius 3 is 2.83 bits per heavy atom. The van der Waals surface area contributed by atoms with Crippen LogP contribution in [0.1, 0.15) is 38.4 Å². The van der Waals surface area contributed by atoms with Crippen LogP contribution in [0.5, 0.6) is 0 Å². The van der Waals surface area contributed by atoms with Crippen molar-refractivity contribution in [1.82, 2.24) is 19.8 Å². The summed E-state index contributed by atoms with van der Waals surface area (Å²) in [4.78, 5) is 7.01. The van der Waals surface area contributed by atoms with Gasteiger partial charge in [0.2, 0.25) is 0 Å². The average molecular weight is 250 g/mol. The van der Waals surface area contributed by atoms with Gasteiger partial charge in [-0.15, -0.1) is 0 Å². The molecule has 0 atom stereocenters. The van der Waals surface area contributed by atoms with Crippen LogP contribution < -0.4 is 5.32 Å². The fraction of sp³-hybridized carbons (Fsp3) is 0.786. The molecule has 4 heteroatoms. The molecule has 0 spiro atoms. The molecule has 0 saturated carbocycles. The normalized spacial score (nSPS) is 17.2. The molecule has 1 aliphatic heterocycles. The van der Waals surface area contributed by atoms with Crippen molar-refractivity contribution < 1.29 is 0 Å². The summed E-state index contributed by atoms with van der Waals surface area (Å²) < 4.78 is 2.29. The highest BCUT2D eigenvalue weighted by molar-refractivity contribution is 4.92. The summed E-state index contributed by atoms with van der Waals surface area (Å²) in [6.07, 6.45) is 9.35. The Bertz CT molecular complexity index is 328. The third-order valence-corrected chi connectivity index (χ3v) is 3.62. The zero-order valence-electron chi connectivity index (χ0n) is 11.6. The van der Waals surface area contributed by atoms with Gasteiger partial charge < -0.3 is 14.8 Å². The first-order chi connectivity index (χ1) is 8.90. The Kier molecular flexibility index (Phi) is 5.68. The number of rotatable bonds is 7.